The van der Waals surface area contributed by atoms with Crippen LogP contribution in [0.4, 0.5) is 0 Å². The Kier molecular flexibility index (Phi) is 11.8. The Balaban J connectivity index is 0. The molecule has 17 heavy (non-hydrogen) atoms. The molecule has 0 bridgehead atoms. The quantitative estimate of drug-likeness (QED) is 0.696. The van der Waals surface area contributed by atoms with E-state index in [-0.39, 0.29) is 5.60 Å². The van der Waals surface area contributed by atoms with Crippen molar-refractivity contribution in [2.24, 2.45) is 0 Å². The predicted octanol–water partition coefficient (Wildman–Crippen LogP) is 1.75. The van der Waals surface area contributed by atoms with E-state index in [0.29, 0.717) is 19.8 Å². The zero-order valence-corrected chi connectivity index (χ0v) is 15.8. The molecule has 0 amide bonds. The number of rotatable bonds is 6. The van der Waals surface area contributed by atoms with Gasteiger partial charge in [-0.3, -0.25) is 0 Å². The van der Waals surface area contributed by atoms with Crippen LogP contribution in [0, 0.1) is 0 Å². The van der Waals surface area contributed by atoms with Crippen molar-refractivity contribution in [3.05, 3.63) is 0 Å². The van der Waals surface area contributed by atoms with Gasteiger partial charge in [-0.1, -0.05) is 0 Å². The molecule has 0 unspecified atom stereocenters. The number of hydrogen-bond acceptors (Lipinski definition) is 4. The molecule has 106 valence electrons. The second kappa shape index (κ2) is 10.2. The molecule has 0 aliphatic carbocycles. The van der Waals surface area contributed by atoms with Crippen molar-refractivity contribution in [1.29, 1.82) is 0 Å². The lowest BCUT2D eigenvalue weighted by atomic mass is 10.2. The second-order valence-corrected chi connectivity index (χ2v) is 7.48. The lowest BCUT2D eigenvalue weighted by molar-refractivity contribution is 0.0783. The van der Waals surface area contributed by atoms with Gasteiger partial charge in [0.2, 0.25) is 0 Å². The largest absolute Gasteiger partial charge is 0.497 e. The second-order valence-electron chi connectivity index (χ2n) is 4.48. The SMILES string of the molecule is CC(C)(C)O[SiH3].CCO[Si](C)(OCC)OCC. The molecule has 0 saturated heterocycles. The van der Waals surface area contributed by atoms with Crippen molar-refractivity contribution >= 4 is 19.3 Å². The molecule has 0 aromatic heterocycles. The molecule has 0 atom stereocenters. The van der Waals surface area contributed by atoms with Gasteiger partial charge in [0.1, 0.15) is 10.5 Å². The molecular weight excluding hydrogens is 252 g/mol. The standard InChI is InChI=1S/C7H18O3Si.C4H12OSi/c1-5-8-11(4,9-6-2)10-7-3;1-4(2,3)5-6/h5-7H2,1-4H3;1-3,6H3. The Hall–Kier alpha value is 0.274. The molecule has 6 heteroatoms. The summed E-state index contributed by atoms with van der Waals surface area (Å²) in [4.78, 5) is 0. The van der Waals surface area contributed by atoms with E-state index in [9.17, 15) is 0 Å². The van der Waals surface area contributed by atoms with Gasteiger partial charge in [-0.25, -0.2) is 0 Å². The fraction of sp³-hybridized carbons (Fsp3) is 1.00. The summed E-state index contributed by atoms with van der Waals surface area (Å²) in [6.07, 6.45) is 0. The third-order valence-corrected chi connectivity index (χ3v) is 5.50. The van der Waals surface area contributed by atoms with Gasteiger partial charge in [0.05, 0.1) is 0 Å². The van der Waals surface area contributed by atoms with E-state index in [4.69, 9.17) is 17.7 Å². The van der Waals surface area contributed by atoms with Crippen LogP contribution in [0.25, 0.3) is 0 Å². The average Bonchev–Trinajstić information content (AvgIpc) is 2.18. The molecule has 0 N–H and O–H groups in total. The smallest absolute Gasteiger partial charge is 0.423 e. The summed E-state index contributed by atoms with van der Waals surface area (Å²) in [6, 6.07) is 0. The maximum atomic E-state index is 5.40. The first kappa shape index (κ1) is 19.6. The Morgan fingerprint density at radius 1 is 0.882 bits per heavy atom. The topological polar surface area (TPSA) is 36.9 Å². The summed E-state index contributed by atoms with van der Waals surface area (Å²) in [5, 5.41) is 0. The minimum atomic E-state index is -2.25. The van der Waals surface area contributed by atoms with E-state index >= 15 is 0 Å². The molecule has 4 nitrogen and oxygen atoms in total. The summed E-state index contributed by atoms with van der Waals surface area (Å²) in [5.41, 5.74) is 0.103. The average molecular weight is 283 g/mol. The maximum absolute atomic E-state index is 5.40. The van der Waals surface area contributed by atoms with Crippen LogP contribution in [0.1, 0.15) is 41.5 Å². The molecule has 0 radical (unpaired) electrons. The van der Waals surface area contributed by atoms with E-state index in [0.717, 1.165) is 10.5 Å². The molecule has 0 heterocycles. The molecule has 0 rings (SSSR count). The molecular formula is C11H30O4Si2. The van der Waals surface area contributed by atoms with Gasteiger partial charge >= 0.3 is 8.80 Å². The molecule has 0 aromatic rings. The Morgan fingerprint density at radius 3 is 1.24 bits per heavy atom. The normalized spacial score (nSPS) is 12.2. The Labute approximate surface area is 111 Å². The van der Waals surface area contributed by atoms with Crippen LogP contribution in [0.2, 0.25) is 6.55 Å². The minimum absolute atomic E-state index is 0.103. The molecule has 0 aromatic carbocycles. The van der Waals surface area contributed by atoms with Gasteiger partial charge < -0.3 is 17.7 Å². The van der Waals surface area contributed by atoms with E-state index < -0.39 is 8.80 Å². The summed E-state index contributed by atoms with van der Waals surface area (Å²) in [7, 11) is -1.40. The van der Waals surface area contributed by atoms with Crippen molar-refractivity contribution < 1.29 is 17.7 Å². The lowest BCUT2D eigenvalue weighted by Gasteiger charge is -2.23. The van der Waals surface area contributed by atoms with Crippen LogP contribution in [0.3, 0.4) is 0 Å². The van der Waals surface area contributed by atoms with E-state index in [2.05, 4.69) is 20.8 Å². The van der Waals surface area contributed by atoms with Crippen LogP contribution >= 0.6 is 0 Å². The van der Waals surface area contributed by atoms with Crippen LogP contribution in [-0.2, 0) is 17.7 Å². The Morgan fingerprint density at radius 2 is 1.12 bits per heavy atom. The van der Waals surface area contributed by atoms with E-state index in [1.165, 1.54) is 0 Å². The molecule has 0 aliphatic rings. The minimum Gasteiger partial charge on any atom is -0.423 e. The predicted molar refractivity (Wildman–Crippen MR) is 77.3 cm³/mol. The summed E-state index contributed by atoms with van der Waals surface area (Å²) in [5.74, 6) is 0. The van der Waals surface area contributed by atoms with E-state index in [1.807, 2.05) is 27.3 Å². The first-order chi connectivity index (χ1) is 7.74. The highest BCUT2D eigenvalue weighted by molar-refractivity contribution is 6.59. The maximum Gasteiger partial charge on any atom is 0.497 e. The van der Waals surface area contributed by atoms with Gasteiger partial charge in [-0.2, -0.15) is 0 Å². The molecule has 0 saturated carbocycles. The van der Waals surface area contributed by atoms with Crippen LogP contribution in [0.15, 0.2) is 0 Å². The summed E-state index contributed by atoms with van der Waals surface area (Å²) >= 11 is 0. The first-order valence-corrected chi connectivity index (χ1v) is 9.25. The van der Waals surface area contributed by atoms with Gasteiger partial charge in [0.25, 0.3) is 0 Å². The van der Waals surface area contributed by atoms with Crippen molar-refractivity contribution in [2.75, 3.05) is 19.8 Å². The monoisotopic (exact) mass is 282 g/mol. The zero-order chi connectivity index (χ0) is 13.9. The van der Waals surface area contributed by atoms with Crippen molar-refractivity contribution in [3.63, 3.8) is 0 Å². The third kappa shape index (κ3) is 14.2. The first-order valence-electron chi connectivity index (χ1n) is 6.21. The fourth-order valence-electron chi connectivity index (χ4n) is 0.912. The molecule has 0 fully saturated rings. The highest BCUT2D eigenvalue weighted by Gasteiger charge is 2.32. The van der Waals surface area contributed by atoms with Crippen LogP contribution in [0.5, 0.6) is 0 Å². The van der Waals surface area contributed by atoms with Gasteiger partial charge in [0, 0.05) is 32.0 Å². The molecule has 0 spiro atoms. The summed E-state index contributed by atoms with van der Waals surface area (Å²) in [6.45, 7) is 15.9. The van der Waals surface area contributed by atoms with Crippen LogP contribution < -0.4 is 0 Å². The Bertz CT molecular complexity index is 154. The highest BCUT2D eigenvalue weighted by Crippen LogP contribution is 2.08. The van der Waals surface area contributed by atoms with Gasteiger partial charge in [-0.15, -0.1) is 0 Å². The van der Waals surface area contributed by atoms with Crippen molar-refractivity contribution in [2.45, 2.75) is 53.7 Å². The summed E-state index contributed by atoms with van der Waals surface area (Å²) < 4.78 is 21.3. The third-order valence-electron chi connectivity index (χ3n) is 1.83. The number of hydrogen-bond donors (Lipinski definition) is 0. The molecule has 0 aliphatic heterocycles. The van der Waals surface area contributed by atoms with Gasteiger partial charge in [-0.05, 0) is 41.5 Å². The fourth-order valence-corrected chi connectivity index (χ4v) is 2.73. The van der Waals surface area contributed by atoms with Crippen molar-refractivity contribution in [1.82, 2.24) is 0 Å². The van der Waals surface area contributed by atoms with E-state index in [1.54, 1.807) is 0 Å². The van der Waals surface area contributed by atoms with Crippen molar-refractivity contribution in [3.8, 4) is 0 Å². The van der Waals surface area contributed by atoms with Crippen LogP contribution in [-0.4, -0.2) is 44.7 Å². The highest BCUT2D eigenvalue weighted by atomic mass is 28.4. The zero-order valence-electron chi connectivity index (χ0n) is 12.8. The lowest BCUT2D eigenvalue weighted by Crippen LogP contribution is -2.42. The van der Waals surface area contributed by atoms with Gasteiger partial charge in [0.15, 0.2) is 0 Å².